The number of nitrogens with zero attached hydrogens (tertiary/aromatic N) is 3. The molecule has 5 rings (SSSR count). The van der Waals surface area contributed by atoms with Crippen LogP contribution in [0.5, 0.6) is 0 Å². The number of amidine groups is 1. The maximum atomic E-state index is 10.8. The van der Waals surface area contributed by atoms with Crippen molar-refractivity contribution in [2.24, 2.45) is 4.99 Å². The van der Waals surface area contributed by atoms with Gasteiger partial charge in [-0.2, -0.15) is 8.42 Å². The molecule has 0 radical (unpaired) electrons. The van der Waals surface area contributed by atoms with Crippen LogP contribution in [-0.4, -0.2) is 54.2 Å². The Kier molecular flexibility index (Phi) is 8.72. The lowest BCUT2D eigenvalue weighted by molar-refractivity contribution is 0.483. The molecule has 8 heteroatoms. The quantitative estimate of drug-likeness (QED) is 0.173. The van der Waals surface area contributed by atoms with E-state index in [1.54, 1.807) is 12.1 Å². The van der Waals surface area contributed by atoms with Crippen LogP contribution in [0.1, 0.15) is 26.2 Å². The topological polar surface area (TPSA) is 74.9 Å². The summed E-state index contributed by atoms with van der Waals surface area (Å²) in [6, 6.07) is 20.6. The second-order valence-corrected chi connectivity index (χ2v) is 11.4. The molecule has 0 bridgehead atoms. The molecule has 36 heavy (non-hydrogen) atoms. The van der Waals surface area contributed by atoms with E-state index in [-0.39, 0.29) is 4.90 Å². The predicted molar refractivity (Wildman–Crippen MR) is 151 cm³/mol. The Labute approximate surface area is 217 Å². The summed E-state index contributed by atoms with van der Waals surface area (Å²) < 4.78 is 32.9. The number of thioether (sulfide) groups is 1. The molecule has 0 unspecified atom stereocenters. The molecule has 0 amide bonds. The van der Waals surface area contributed by atoms with Gasteiger partial charge < -0.3 is 9.47 Å². The van der Waals surface area contributed by atoms with Crippen LogP contribution in [0.4, 0.5) is 0 Å². The van der Waals surface area contributed by atoms with E-state index in [0.29, 0.717) is 0 Å². The summed E-state index contributed by atoms with van der Waals surface area (Å²) >= 11 is 1.93. The first-order valence-electron chi connectivity index (χ1n) is 12.3. The summed E-state index contributed by atoms with van der Waals surface area (Å²) in [6.45, 7) is 5.40. The van der Waals surface area contributed by atoms with E-state index in [1.807, 2.05) is 30.0 Å². The van der Waals surface area contributed by atoms with Crippen molar-refractivity contribution >= 4 is 49.4 Å². The number of aromatic nitrogens is 1. The Morgan fingerprint density at radius 1 is 1.03 bits per heavy atom. The van der Waals surface area contributed by atoms with E-state index in [9.17, 15) is 8.42 Å². The molecular weight excluding hydrogens is 490 g/mol. The highest BCUT2D eigenvalue weighted by Crippen LogP contribution is 2.30. The van der Waals surface area contributed by atoms with Crippen LogP contribution in [0.15, 0.2) is 87.7 Å². The normalized spacial score (nSPS) is 15.0. The predicted octanol–water partition coefficient (Wildman–Crippen LogP) is 6.35. The second-order valence-electron chi connectivity index (χ2n) is 8.86. The number of benzene rings is 3. The fraction of sp³-hybridized carbons (Fsp3) is 0.321. The molecule has 1 fully saturated rings. The Balaban J connectivity index is 0.000000187. The van der Waals surface area contributed by atoms with Crippen LogP contribution in [0.2, 0.25) is 0 Å². The van der Waals surface area contributed by atoms with Gasteiger partial charge in [-0.15, -0.1) is 11.8 Å². The van der Waals surface area contributed by atoms with Crippen molar-refractivity contribution in [3.05, 3.63) is 72.9 Å². The van der Waals surface area contributed by atoms with Crippen LogP contribution in [-0.2, 0) is 16.7 Å². The standard InChI is InChI=1S/C18H25N3S.C10H8O3S/c1-3-11-21-14-17(15-7-4-5-8-16(15)21)22-13-10-19-18-9-6-12-20(18)2;11-14(12,13)10-6-5-8-3-1-2-4-9(8)7-10/h4-5,7-8,14H,3,6,9-13H2,1-2H3;1-7H,(H,11,12,13). The Hall–Kier alpha value is -2.81. The van der Waals surface area contributed by atoms with Crippen molar-refractivity contribution in [3.8, 4) is 0 Å². The summed E-state index contributed by atoms with van der Waals surface area (Å²) in [5, 5.41) is 3.12. The number of likely N-dealkylation sites (tertiary alicyclic amines) is 1. The minimum atomic E-state index is -4.09. The third-order valence-corrected chi connectivity index (χ3v) is 8.09. The zero-order valence-electron chi connectivity index (χ0n) is 20.8. The highest BCUT2D eigenvalue weighted by molar-refractivity contribution is 7.99. The van der Waals surface area contributed by atoms with E-state index in [1.165, 1.54) is 46.6 Å². The third-order valence-electron chi connectivity index (χ3n) is 6.21. The van der Waals surface area contributed by atoms with Crippen molar-refractivity contribution in [1.82, 2.24) is 9.47 Å². The first kappa shape index (κ1) is 26.3. The highest BCUT2D eigenvalue weighted by atomic mass is 32.2. The van der Waals surface area contributed by atoms with Gasteiger partial charge in [-0.25, -0.2) is 0 Å². The van der Waals surface area contributed by atoms with Crippen molar-refractivity contribution in [2.75, 3.05) is 25.9 Å². The molecule has 1 N–H and O–H groups in total. The van der Waals surface area contributed by atoms with Crippen molar-refractivity contribution in [1.29, 1.82) is 0 Å². The van der Waals surface area contributed by atoms with Gasteiger partial charge in [-0.1, -0.05) is 55.5 Å². The summed E-state index contributed by atoms with van der Waals surface area (Å²) in [7, 11) is -1.94. The Bertz CT molecular complexity index is 1460. The van der Waals surface area contributed by atoms with Gasteiger partial charge in [0.1, 0.15) is 0 Å². The van der Waals surface area contributed by atoms with E-state index in [4.69, 9.17) is 9.55 Å². The van der Waals surface area contributed by atoms with Gasteiger partial charge in [0, 0.05) is 54.3 Å². The molecule has 1 saturated heterocycles. The lowest BCUT2D eigenvalue weighted by atomic mass is 10.1. The SMILES string of the molecule is CCCn1cc(SCCN=C2CCCN2C)c2ccccc21.O=S(=O)(O)c1ccc2ccccc2c1. The third kappa shape index (κ3) is 6.49. The van der Waals surface area contributed by atoms with Gasteiger partial charge in [0.25, 0.3) is 10.1 Å². The zero-order valence-corrected chi connectivity index (χ0v) is 22.4. The van der Waals surface area contributed by atoms with Gasteiger partial charge in [0.2, 0.25) is 0 Å². The second kappa shape index (κ2) is 12.0. The molecular formula is C28H33N3O3S2. The lowest BCUT2D eigenvalue weighted by Gasteiger charge is -2.10. The highest BCUT2D eigenvalue weighted by Gasteiger charge is 2.13. The molecule has 0 atom stereocenters. The Morgan fingerprint density at radius 2 is 1.78 bits per heavy atom. The molecule has 0 spiro atoms. The van der Waals surface area contributed by atoms with Crippen LogP contribution in [0, 0.1) is 0 Å². The van der Waals surface area contributed by atoms with Crippen molar-refractivity contribution in [3.63, 3.8) is 0 Å². The number of rotatable bonds is 7. The van der Waals surface area contributed by atoms with E-state index >= 15 is 0 Å². The van der Waals surface area contributed by atoms with Crippen LogP contribution in [0.3, 0.4) is 0 Å². The number of aliphatic imine (C=N–C) groups is 1. The maximum absolute atomic E-state index is 10.8. The van der Waals surface area contributed by atoms with Gasteiger partial charge in [0.15, 0.2) is 0 Å². The smallest absolute Gasteiger partial charge is 0.294 e. The van der Waals surface area contributed by atoms with Crippen LogP contribution in [0.25, 0.3) is 21.7 Å². The molecule has 0 aliphatic carbocycles. The maximum Gasteiger partial charge on any atom is 0.294 e. The molecule has 0 saturated carbocycles. The number of para-hydroxylation sites is 1. The molecule has 1 aromatic heterocycles. The molecule has 6 nitrogen and oxygen atoms in total. The summed E-state index contributed by atoms with van der Waals surface area (Å²) in [5.41, 5.74) is 1.36. The monoisotopic (exact) mass is 523 g/mol. The average Bonchev–Trinajstić information content (AvgIpc) is 3.45. The van der Waals surface area contributed by atoms with Crippen molar-refractivity contribution in [2.45, 2.75) is 42.5 Å². The van der Waals surface area contributed by atoms with Crippen molar-refractivity contribution < 1.29 is 13.0 Å². The van der Waals surface area contributed by atoms with Gasteiger partial charge in [-0.05, 0) is 41.8 Å². The summed E-state index contributed by atoms with van der Waals surface area (Å²) in [4.78, 5) is 8.37. The number of fused-ring (bicyclic) bond motifs is 2. The number of hydrogen-bond acceptors (Lipinski definition) is 4. The first-order valence-corrected chi connectivity index (χ1v) is 14.7. The fourth-order valence-electron chi connectivity index (χ4n) is 4.41. The molecule has 2 heterocycles. The summed E-state index contributed by atoms with van der Waals surface area (Å²) in [5.74, 6) is 2.34. The molecule has 190 valence electrons. The lowest BCUT2D eigenvalue weighted by Crippen LogP contribution is -2.19. The molecule has 3 aromatic carbocycles. The van der Waals surface area contributed by atoms with E-state index in [2.05, 4.69) is 53.9 Å². The minimum Gasteiger partial charge on any atom is -0.363 e. The Morgan fingerprint density at radius 3 is 2.50 bits per heavy atom. The fourth-order valence-corrected chi connectivity index (χ4v) is 5.85. The largest absolute Gasteiger partial charge is 0.363 e. The van der Waals surface area contributed by atoms with Gasteiger partial charge in [-0.3, -0.25) is 9.55 Å². The van der Waals surface area contributed by atoms with Crippen LogP contribution >= 0.6 is 11.8 Å². The van der Waals surface area contributed by atoms with Gasteiger partial charge >= 0.3 is 0 Å². The molecule has 1 aliphatic rings. The van der Waals surface area contributed by atoms with E-state index < -0.39 is 10.1 Å². The van der Waals surface area contributed by atoms with Crippen LogP contribution < -0.4 is 0 Å². The zero-order chi connectivity index (χ0) is 25.5. The average molecular weight is 524 g/mol. The van der Waals surface area contributed by atoms with E-state index in [0.717, 1.165) is 42.6 Å². The number of hydrogen-bond donors (Lipinski definition) is 1. The van der Waals surface area contributed by atoms with Gasteiger partial charge in [0.05, 0.1) is 17.3 Å². The first-order chi connectivity index (χ1) is 17.4. The molecule has 1 aliphatic heterocycles. The summed E-state index contributed by atoms with van der Waals surface area (Å²) in [6.07, 6.45) is 5.89. The molecule has 4 aromatic rings. The number of aryl methyl sites for hydroxylation is 1. The minimum absolute atomic E-state index is 0.0730.